The van der Waals surface area contributed by atoms with Gasteiger partial charge in [0, 0.05) is 12.5 Å². The molecule has 1 amide bonds. The Labute approximate surface area is 113 Å². The maximum atomic E-state index is 12.5. The maximum absolute atomic E-state index is 12.5. The number of rotatable bonds is 9. The molecule has 0 aliphatic rings. The quantitative estimate of drug-likeness (QED) is 0.661. The van der Waals surface area contributed by atoms with Crippen LogP contribution in [0.1, 0.15) is 52.4 Å². The molecule has 0 atom stereocenters. The fraction of sp³-hybridized carbons (Fsp3) is 0.923. The highest BCUT2D eigenvalue weighted by molar-refractivity contribution is 5.76. The first-order valence-corrected chi connectivity index (χ1v) is 6.92. The van der Waals surface area contributed by atoms with Crippen LogP contribution >= 0.6 is 0 Å². The fourth-order valence-corrected chi connectivity index (χ4v) is 2.08. The molecule has 0 saturated carbocycles. The summed E-state index contributed by atoms with van der Waals surface area (Å²) in [4.78, 5) is 12.9. The van der Waals surface area contributed by atoms with Crippen LogP contribution in [0, 0.1) is 0 Å². The molecule has 0 aromatic heterocycles. The molecule has 0 fully saturated rings. The van der Waals surface area contributed by atoms with Gasteiger partial charge in [-0.25, -0.2) is 0 Å². The summed E-state index contributed by atoms with van der Waals surface area (Å²) < 4.78 is 37.6. The van der Waals surface area contributed by atoms with E-state index in [2.05, 4.69) is 0 Å². The lowest BCUT2D eigenvalue weighted by Gasteiger charge is -2.31. The van der Waals surface area contributed by atoms with Crippen LogP contribution in [0.2, 0.25) is 0 Å². The molecule has 0 radical (unpaired) electrons. The van der Waals surface area contributed by atoms with Gasteiger partial charge in [0.25, 0.3) is 0 Å². The minimum atomic E-state index is -4.34. The lowest BCUT2D eigenvalue weighted by molar-refractivity contribution is -0.166. The Morgan fingerprint density at radius 1 is 1.16 bits per heavy atom. The van der Waals surface area contributed by atoms with E-state index in [0.29, 0.717) is 25.8 Å². The Morgan fingerprint density at radius 2 is 1.74 bits per heavy atom. The number of halogens is 3. The molecule has 6 heteroatoms. The highest BCUT2D eigenvalue weighted by Gasteiger charge is 2.35. The van der Waals surface area contributed by atoms with Crippen molar-refractivity contribution in [2.24, 2.45) is 5.73 Å². The SMILES string of the molecule is CCC(CC)N(CC(F)(F)F)C(=O)CCCCCN. The topological polar surface area (TPSA) is 46.3 Å². The Kier molecular flexibility index (Phi) is 8.80. The van der Waals surface area contributed by atoms with Gasteiger partial charge in [0.1, 0.15) is 6.54 Å². The molecule has 0 aliphatic carbocycles. The third-order valence-corrected chi connectivity index (χ3v) is 3.15. The highest BCUT2D eigenvalue weighted by atomic mass is 19.4. The van der Waals surface area contributed by atoms with Crippen molar-refractivity contribution >= 4 is 5.91 Å². The summed E-state index contributed by atoms with van der Waals surface area (Å²) >= 11 is 0. The second-order valence-electron chi connectivity index (χ2n) is 4.71. The van der Waals surface area contributed by atoms with Crippen LogP contribution in [-0.4, -0.2) is 36.1 Å². The minimum Gasteiger partial charge on any atom is -0.331 e. The van der Waals surface area contributed by atoms with Gasteiger partial charge in [0.15, 0.2) is 0 Å². The number of hydrogen-bond donors (Lipinski definition) is 1. The summed E-state index contributed by atoms with van der Waals surface area (Å²) in [6.07, 6.45) is -0.891. The zero-order chi connectivity index (χ0) is 14.9. The van der Waals surface area contributed by atoms with Gasteiger partial charge in [-0.3, -0.25) is 4.79 Å². The van der Waals surface area contributed by atoms with E-state index in [1.807, 2.05) is 0 Å². The molecule has 0 aromatic carbocycles. The van der Waals surface area contributed by atoms with Crippen molar-refractivity contribution < 1.29 is 18.0 Å². The van der Waals surface area contributed by atoms with E-state index in [1.54, 1.807) is 13.8 Å². The van der Waals surface area contributed by atoms with Gasteiger partial charge in [-0.1, -0.05) is 20.3 Å². The molecule has 0 aromatic rings. The van der Waals surface area contributed by atoms with Gasteiger partial charge < -0.3 is 10.6 Å². The molecule has 114 valence electrons. The number of alkyl halides is 3. The van der Waals surface area contributed by atoms with Crippen LogP contribution in [-0.2, 0) is 4.79 Å². The molecule has 0 aliphatic heterocycles. The minimum absolute atomic E-state index is 0.173. The van der Waals surface area contributed by atoms with E-state index >= 15 is 0 Å². The number of carbonyl (C=O) groups excluding carboxylic acids is 1. The standard InChI is InChI=1S/C13H25F3N2O/c1-3-11(4-2)18(10-13(14,15)16)12(19)8-6-5-7-9-17/h11H,3-10,17H2,1-2H3. The largest absolute Gasteiger partial charge is 0.406 e. The first-order chi connectivity index (χ1) is 8.85. The van der Waals surface area contributed by atoms with Crippen LogP contribution in [0.25, 0.3) is 0 Å². The number of nitrogens with zero attached hydrogens (tertiary/aromatic N) is 1. The molecule has 0 saturated heterocycles. The second-order valence-corrected chi connectivity index (χ2v) is 4.71. The van der Waals surface area contributed by atoms with Crippen LogP contribution < -0.4 is 5.73 Å². The van der Waals surface area contributed by atoms with Gasteiger partial charge >= 0.3 is 6.18 Å². The molecule has 0 bridgehead atoms. The molecule has 3 nitrogen and oxygen atoms in total. The third kappa shape index (κ3) is 8.08. The monoisotopic (exact) mass is 282 g/mol. The summed E-state index contributed by atoms with van der Waals surface area (Å²) in [5.41, 5.74) is 5.34. The van der Waals surface area contributed by atoms with E-state index in [1.165, 1.54) is 0 Å². The highest BCUT2D eigenvalue weighted by Crippen LogP contribution is 2.21. The Bertz CT molecular complexity index is 253. The fourth-order valence-electron chi connectivity index (χ4n) is 2.08. The molecule has 0 heterocycles. The molecule has 2 N–H and O–H groups in total. The van der Waals surface area contributed by atoms with Crippen molar-refractivity contribution in [2.75, 3.05) is 13.1 Å². The molecule has 19 heavy (non-hydrogen) atoms. The third-order valence-electron chi connectivity index (χ3n) is 3.15. The molecular weight excluding hydrogens is 257 g/mol. The van der Waals surface area contributed by atoms with Crippen LogP contribution in [0.3, 0.4) is 0 Å². The number of unbranched alkanes of at least 4 members (excludes halogenated alkanes) is 2. The van der Waals surface area contributed by atoms with Crippen molar-refractivity contribution in [3.63, 3.8) is 0 Å². The number of nitrogens with two attached hydrogens (primary N) is 1. The average molecular weight is 282 g/mol. The zero-order valence-electron chi connectivity index (χ0n) is 11.8. The van der Waals surface area contributed by atoms with E-state index in [4.69, 9.17) is 5.73 Å². The summed E-state index contributed by atoms with van der Waals surface area (Å²) in [5, 5.41) is 0. The average Bonchev–Trinajstić information content (AvgIpc) is 2.33. The predicted molar refractivity (Wildman–Crippen MR) is 69.7 cm³/mol. The number of carbonyl (C=O) groups is 1. The van der Waals surface area contributed by atoms with Crippen LogP contribution in [0.4, 0.5) is 13.2 Å². The zero-order valence-corrected chi connectivity index (χ0v) is 11.8. The smallest absolute Gasteiger partial charge is 0.331 e. The first kappa shape index (κ1) is 18.2. The van der Waals surface area contributed by atoms with Crippen molar-refractivity contribution in [3.8, 4) is 0 Å². The van der Waals surface area contributed by atoms with Gasteiger partial charge in [-0.2, -0.15) is 13.2 Å². The van der Waals surface area contributed by atoms with Crippen molar-refractivity contribution in [2.45, 2.75) is 64.6 Å². The molecule has 0 spiro atoms. The molecular formula is C13H25F3N2O. The Hall–Kier alpha value is -0.780. The first-order valence-electron chi connectivity index (χ1n) is 6.92. The van der Waals surface area contributed by atoms with Crippen molar-refractivity contribution in [1.82, 2.24) is 4.90 Å². The van der Waals surface area contributed by atoms with E-state index < -0.39 is 18.6 Å². The predicted octanol–water partition coefficient (Wildman–Crippen LogP) is 3.09. The van der Waals surface area contributed by atoms with Crippen molar-refractivity contribution in [1.29, 1.82) is 0 Å². The van der Waals surface area contributed by atoms with E-state index in [9.17, 15) is 18.0 Å². The van der Waals surface area contributed by atoms with Crippen LogP contribution in [0.5, 0.6) is 0 Å². The Balaban J connectivity index is 4.50. The second kappa shape index (κ2) is 9.18. The van der Waals surface area contributed by atoms with Crippen LogP contribution in [0.15, 0.2) is 0 Å². The van der Waals surface area contributed by atoms with E-state index in [-0.39, 0.29) is 12.5 Å². The summed E-state index contributed by atoms with van der Waals surface area (Å²) in [6, 6.07) is -0.330. The van der Waals surface area contributed by atoms with Crippen molar-refractivity contribution in [3.05, 3.63) is 0 Å². The number of hydrogen-bond acceptors (Lipinski definition) is 2. The van der Waals surface area contributed by atoms with Gasteiger partial charge in [0.2, 0.25) is 5.91 Å². The molecule has 0 unspecified atom stereocenters. The number of amides is 1. The lowest BCUT2D eigenvalue weighted by atomic mass is 10.1. The summed E-state index contributed by atoms with van der Waals surface area (Å²) in [6.45, 7) is 3.01. The normalized spacial score (nSPS) is 11.9. The van der Waals surface area contributed by atoms with Gasteiger partial charge in [-0.05, 0) is 32.2 Å². The van der Waals surface area contributed by atoms with Gasteiger partial charge in [0.05, 0.1) is 0 Å². The van der Waals surface area contributed by atoms with Gasteiger partial charge in [-0.15, -0.1) is 0 Å². The summed E-state index contributed by atoms with van der Waals surface area (Å²) in [7, 11) is 0. The Morgan fingerprint density at radius 3 is 2.16 bits per heavy atom. The summed E-state index contributed by atoms with van der Waals surface area (Å²) in [5.74, 6) is -0.400. The maximum Gasteiger partial charge on any atom is 0.406 e. The molecule has 0 rings (SSSR count). The lowest BCUT2D eigenvalue weighted by Crippen LogP contribution is -2.45. The van der Waals surface area contributed by atoms with E-state index in [0.717, 1.165) is 17.7 Å².